The maximum Gasteiger partial charge on any atom is 0.248 e. The molecule has 1 aromatic heterocycles. The second-order valence-corrected chi connectivity index (χ2v) is 6.86. The molecule has 7 nitrogen and oxygen atoms in total. The molecule has 1 aromatic rings. The van der Waals surface area contributed by atoms with Crippen molar-refractivity contribution in [1.29, 1.82) is 0 Å². The summed E-state index contributed by atoms with van der Waals surface area (Å²) in [5, 5.41) is 7.25. The van der Waals surface area contributed by atoms with Crippen LogP contribution in [0.4, 0.5) is 0 Å². The number of nitrogens with one attached hydrogen (secondary N) is 1. The maximum atomic E-state index is 12.6. The summed E-state index contributed by atoms with van der Waals surface area (Å²) >= 11 is 5.15. The largest absolute Gasteiger partial charge is 0.366 e. The standard InChI is InChI=1S/C11H18N4O3S2/c1-8-10(9(2)18-13-8)20(16,17)15-6-4-14(5-7-15)11(19)12-3/h4-7H2,1-3H3,(H,12,19). The molecule has 112 valence electrons. The minimum Gasteiger partial charge on any atom is -0.366 e. The fraction of sp³-hybridized carbons (Fsp3) is 0.636. The van der Waals surface area contributed by atoms with Crippen LogP contribution in [-0.2, 0) is 10.0 Å². The van der Waals surface area contributed by atoms with Gasteiger partial charge in [-0.05, 0) is 26.1 Å². The fourth-order valence-electron chi connectivity index (χ4n) is 2.26. The minimum atomic E-state index is -3.55. The molecule has 2 rings (SSSR count). The summed E-state index contributed by atoms with van der Waals surface area (Å²) in [7, 11) is -1.79. The normalized spacial score (nSPS) is 17.2. The number of aromatic nitrogens is 1. The Hall–Kier alpha value is -1.19. The first kappa shape index (κ1) is 15.2. The molecule has 1 N–H and O–H groups in total. The highest BCUT2D eigenvalue weighted by Gasteiger charge is 2.33. The molecule has 0 unspecified atom stereocenters. The Kier molecular flexibility index (Phi) is 4.31. The molecular weight excluding hydrogens is 300 g/mol. The van der Waals surface area contributed by atoms with E-state index in [1.54, 1.807) is 20.9 Å². The molecular formula is C11H18N4O3S2. The van der Waals surface area contributed by atoms with E-state index in [-0.39, 0.29) is 4.90 Å². The number of aryl methyl sites for hydroxylation is 2. The zero-order valence-electron chi connectivity index (χ0n) is 11.7. The van der Waals surface area contributed by atoms with Gasteiger partial charge in [-0.2, -0.15) is 4.31 Å². The van der Waals surface area contributed by atoms with E-state index in [9.17, 15) is 8.42 Å². The van der Waals surface area contributed by atoms with Crippen molar-refractivity contribution in [3.05, 3.63) is 11.5 Å². The molecule has 0 radical (unpaired) electrons. The van der Waals surface area contributed by atoms with Crippen LogP contribution in [0, 0.1) is 13.8 Å². The van der Waals surface area contributed by atoms with Crippen LogP contribution in [0.15, 0.2) is 9.42 Å². The lowest BCUT2D eigenvalue weighted by Gasteiger charge is -2.35. The van der Waals surface area contributed by atoms with Crippen molar-refractivity contribution in [3.63, 3.8) is 0 Å². The number of rotatable bonds is 2. The van der Waals surface area contributed by atoms with Gasteiger partial charge in [-0.3, -0.25) is 0 Å². The molecule has 0 atom stereocenters. The Morgan fingerprint density at radius 1 is 1.30 bits per heavy atom. The summed E-state index contributed by atoms with van der Waals surface area (Å²) in [6.45, 7) is 5.18. The number of nitrogens with zero attached hydrogens (tertiary/aromatic N) is 3. The summed E-state index contributed by atoms with van der Waals surface area (Å²) in [4.78, 5) is 2.14. The van der Waals surface area contributed by atoms with E-state index in [1.807, 2.05) is 4.90 Å². The minimum absolute atomic E-state index is 0.183. The van der Waals surface area contributed by atoms with E-state index >= 15 is 0 Å². The summed E-state index contributed by atoms with van der Waals surface area (Å²) in [6, 6.07) is 0. The molecule has 20 heavy (non-hydrogen) atoms. The third-order valence-corrected chi connectivity index (χ3v) is 5.91. The third kappa shape index (κ3) is 2.65. The van der Waals surface area contributed by atoms with Gasteiger partial charge in [0.15, 0.2) is 10.9 Å². The van der Waals surface area contributed by atoms with E-state index < -0.39 is 10.0 Å². The highest BCUT2D eigenvalue weighted by Crippen LogP contribution is 2.24. The van der Waals surface area contributed by atoms with Gasteiger partial charge in [-0.25, -0.2) is 8.42 Å². The predicted octanol–water partition coefficient (Wildman–Crippen LogP) is 0.102. The van der Waals surface area contributed by atoms with Gasteiger partial charge in [-0.15, -0.1) is 0 Å². The Morgan fingerprint density at radius 3 is 2.35 bits per heavy atom. The molecule has 0 saturated carbocycles. The summed E-state index contributed by atoms with van der Waals surface area (Å²) < 4.78 is 31.6. The average molecular weight is 318 g/mol. The van der Waals surface area contributed by atoms with Crippen molar-refractivity contribution in [2.75, 3.05) is 33.2 Å². The first-order chi connectivity index (χ1) is 9.37. The third-order valence-electron chi connectivity index (χ3n) is 3.31. The molecule has 1 aliphatic rings. The van der Waals surface area contributed by atoms with Crippen molar-refractivity contribution in [1.82, 2.24) is 19.7 Å². The lowest BCUT2D eigenvalue weighted by atomic mass is 10.4. The van der Waals surface area contributed by atoms with Gasteiger partial charge in [0.2, 0.25) is 10.0 Å². The Balaban J connectivity index is 2.16. The average Bonchev–Trinajstić information content (AvgIpc) is 2.78. The van der Waals surface area contributed by atoms with Crippen LogP contribution in [0.1, 0.15) is 11.5 Å². The number of piperazine rings is 1. The second kappa shape index (κ2) is 5.66. The van der Waals surface area contributed by atoms with Crippen molar-refractivity contribution >= 4 is 27.4 Å². The Labute approximate surface area is 123 Å². The van der Waals surface area contributed by atoms with Gasteiger partial charge < -0.3 is 14.7 Å². The molecule has 0 spiro atoms. The van der Waals surface area contributed by atoms with E-state index in [1.165, 1.54) is 4.31 Å². The smallest absolute Gasteiger partial charge is 0.248 e. The molecule has 0 aliphatic carbocycles. The van der Waals surface area contributed by atoms with Gasteiger partial charge in [-0.1, -0.05) is 5.16 Å². The van der Waals surface area contributed by atoms with E-state index in [0.29, 0.717) is 42.7 Å². The van der Waals surface area contributed by atoms with Crippen LogP contribution in [-0.4, -0.2) is 61.1 Å². The maximum absolute atomic E-state index is 12.6. The lowest BCUT2D eigenvalue weighted by Crippen LogP contribution is -2.52. The first-order valence-corrected chi connectivity index (χ1v) is 8.12. The van der Waals surface area contributed by atoms with E-state index in [4.69, 9.17) is 16.7 Å². The second-order valence-electron chi connectivity index (χ2n) is 4.60. The van der Waals surface area contributed by atoms with Gasteiger partial charge in [0, 0.05) is 33.2 Å². The lowest BCUT2D eigenvalue weighted by molar-refractivity contribution is 0.264. The van der Waals surface area contributed by atoms with Crippen LogP contribution >= 0.6 is 12.2 Å². The zero-order valence-corrected chi connectivity index (χ0v) is 13.3. The molecule has 2 heterocycles. The highest BCUT2D eigenvalue weighted by molar-refractivity contribution is 7.89. The van der Waals surface area contributed by atoms with Gasteiger partial charge in [0.1, 0.15) is 10.6 Å². The number of thiocarbonyl (C=S) groups is 1. The SMILES string of the molecule is CNC(=S)N1CCN(S(=O)(=O)c2c(C)noc2C)CC1. The van der Waals surface area contributed by atoms with Crippen molar-refractivity contribution in [2.45, 2.75) is 18.7 Å². The van der Waals surface area contributed by atoms with Crippen LogP contribution in [0.5, 0.6) is 0 Å². The summed E-state index contributed by atoms with van der Waals surface area (Å²) in [5.41, 5.74) is 0.399. The highest BCUT2D eigenvalue weighted by atomic mass is 32.2. The van der Waals surface area contributed by atoms with Crippen molar-refractivity contribution < 1.29 is 12.9 Å². The Morgan fingerprint density at radius 2 is 1.90 bits per heavy atom. The van der Waals surface area contributed by atoms with Crippen molar-refractivity contribution in [3.8, 4) is 0 Å². The van der Waals surface area contributed by atoms with Crippen LogP contribution < -0.4 is 5.32 Å². The molecule has 1 aliphatic heterocycles. The quantitative estimate of drug-likeness (QED) is 0.775. The molecule has 0 aromatic carbocycles. The number of sulfonamides is 1. The molecule has 1 fully saturated rings. The van der Waals surface area contributed by atoms with Gasteiger partial charge in [0.25, 0.3) is 0 Å². The van der Waals surface area contributed by atoms with Crippen molar-refractivity contribution in [2.24, 2.45) is 0 Å². The van der Waals surface area contributed by atoms with E-state index in [2.05, 4.69) is 10.5 Å². The zero-order chi connectivity index (χ0) is 14.9. The van der Waals surface area contributed by atoms with Crippen LogP contribution in [0.2, 0.25) is 0 Å². The molecule has 0 amide bonds. The fourth-order valence-corrected chi connectivity index (χ4v) is 4.16. The summed E-state index contributed by atoms with van der Waals surface area (Å²) in [6.07, 6.45) is 0. The first-order valence-electron chi connectivity index (χ1n) is 6.27. The number of hydrogen-bond donors (Lipinski definition) is 1. The summed E-state index contributed by atoms with van der Waals surface area (Å²) in [5.74, 6) is 0.329. The predicted molar refractivity (Wildman–Crippen MR) is 78.0 cm³/mol. The van der Waals surface area contributed by atoms with Gasteiger partial charge in [0.05, 0.1) is 0 Å². The van der Waals surface area contributed by atoms with Crippen LogP contribution in [0.25, 0.3) is 0 Å². The monoisotopic (exact) mass is 318 g/mol. The molecule has 9 heteroatoms. The van der Waals surface area contributed by atoms with Gasteiger partial charge >= 0.3 is 0 Å². The number of hydrogen-bond acceptors (Lipinski definition) is 5. The molecule has 1 saturated heterocycles. The Bertz CT molecular complexity index is 584. The topological polar surface area (TPSA) is 78.7 Å². The molecule has 0 bridgehead atoms. The van der Waals surface area contributed by atoms with E-state index in [0.717, 1.165) is 0 Å². The van der Waals surface area contributed by atoms with Crippen LogP contribution in [0.3, 0.4) is 0 Å².